The van der Waals surface area contributed by atoms with Gasteiger partial charge in [0.1, 0.15) is 6.04 Å². The molecule has 0 radical (unpaired) electrons. The molecule has 1 amide bonds. The first-order valence-corrected chi connectivity index (χ1v) is 10.3. The first kappa shape index (κ1) is 18.6. The Labute approximate surface area is 155 Å². The van der Waals surface area contributed by atoms with E-state index in [-0.39, 0.29) is 4.90 Å². The maximum absolute atomic E-state index is 12.8. The molecule has 26 heavy (non-hydrogen) atoms. The Hall–Kier alpha value is -2.18. The lowest BCUT2D eigenvalue weighted by Gasteiger charge is -2.26. The van der Waals surface area contributed by atoms with E-state index in [2.05, 4.69) is 4.72 Å². The first-order valence-electron chi connectivity index (χ1n) is 8.86. The van der Waals surface area contributed by atoms with Crippen molar-refractivity contribution < 1.29 is 13.2 Å². The van der Waals surface area contributed by atoms with Crippen LogP contribution in [0.2, 0.25) is 0 Å². The number of carbonyl (C=O) groups is 1. The molecule has 0 spiro atoms. The second-order valence-electron chi connectivity index (χ2n) is 6.64. The molecule has 1 N–H and O–H groups in total. The van der Waals surface area contributed by atoms with Crippen molar-refractivity contribution in [3.05, 3.63) is 65.2 Å². The molecule has 0 aromatic heterocycles. The topological polar surface area (TPSA) is 66.5 Å². The standard InChI is InChI=1S/C20H24N2O3S/c1-3-22(2)19(16-8-5-4-6-9-16)20(23)21-26(24,25)18-13-12-15-10-7-11-17(15)14-18/h4-6,8-9,12-14,19H,3,7,10-11H2,1-2H3,(H,21,23)/t19-/m0/s1. The summed E-state index contributed by atoms with van der Waals surface area (Å²) in [6.45, 7) is 2.55. The van der Waals surface area contributed by atoms with Gasteiger partial charge in [-0.15, -0.1) is 0 Å². The minimum Gasteiger partial charge on any atom is -0.292 e. The number of likely N-dealkylation sites (N-methyl/N-ethyl adjacent to an activating group) is 1. The first-order chi connectivity index (χ1) is 12.4. The molecule has 0 aliphatic heterocycles. The molecular weight excluding hydrogens is 348 g/mol. The van der Waals surface area contributed by atoms with Crippen molar-refractivity contribution in [2.45, 2.75) is 37.1 Å². The third kappa shape index (κ3) is 3.81. The fraction of sp³-hybridized carbons (Fsp3) is 0.350. The molecular formula is C20H24N2O3S. The highest BCUT2D eigenvalue weighted by molar-refractivity contribution is 7.90. The molecule has 1 aliphatic carbocycles. The van der Waals surface area contributed by atoms with Gasteiger partial charge in [-0.2, -0.15) is 0 Å². The van der Waals surface area contributed by atoms with Gasteiger partial charge in [0.05, 0.1) is 4.90 Å². The van der Waals surface area contributed by atoms with Crippen LogP contribution in [0.3, 0.4) is 0 Å². The zero-order valence-corrected chi connectivity index (χ0v) is 15.9. The molecule has 3 rings (SSSR count). The summed E-state index contributed by atoms with van der Waals surface area (Å²) in [7, 11) is -2.10. The van der Waals surface area contributed by atoms with E-state index in [4.69, 9.17) is 0 Å². The second kappa shape index (κ2) is 7.60. The Balaban J connectivity index is 1.86. The highest BCUT2D eigenvalue weighted by Gasteiger charge is 2.29. The summed E-state index contributed by atoms with van der Waals surface area (Å²) < 4.78 is 27.7. The van der Waals surface area contributed by atoms with E-state index in [1.54, 1.807) is 19.2 Å². The number of sulfonamides is 1. The van der Waals surface area contributed by atoms with Gasteiger partial charge >= 0.3 is 0 Å². The lowest BCUT2D eigenvalue weighted by molar-refractivity contribution is -0.124. The summed E-state index contributed by atoms with van der Waals surface area (Å²) in [4.78, 5) is 14.8. The number of hydrogen-bond donors (Lipinski definition) is 1. The summed E-state index contributed by atoms with van der Waals surface area (Å²) in [6, 6.07) is 13.7. The van der Waals surface area contributed by atoms with Gasteiger partial charge in [-0.05, 0) is 61.7 Å². The average Bonchev–Trinajstić information content (AvgIpc) is 3.10. The van der Waals surface area contributed by atoms with Crippen molar-refractivity contribution in [2.75, 3.05) is 13.6 Å². The van der Waals surface area contributed by atoms with Crippen LogP contribution in [0, 0.1) is 0 Å². The zero-order chi connectivity index (χ0) is 18.7. The molecule has 1 aliphatic rings. The molecule has 0 unspecified atom stereocenters. The van der Waals surface area contributed by atoms with Crippen LogP contribution in [0.1, 0.15) is 36.1 Å². The maximum atomic E-state index is 12.8. The van der Waals surface area contributed by atoms with Gasteiger partial charge < -0.3 is 0 Å². The minimum atomic E-state index is -3.90. The van der Waals surface area contributed by atoms with Crippen molar-refractivity contribution in [3.63, 3.8) is 0 Å². The molecule has 0 saturated heterocycles. The Morgan fingerprint density at radius 3 is 2.50 bits per heavy atom. The quantitative estimate of drug-likeness (QED) is 0.847. The van der Waals surface area contributed by atoms with Crippen LogP contribution in [-0.2, 0) is 27.7 Å². The van der Waals surface area contributed by atoms with Crippen molar-refractivity contribution in [3.8, 4) is 0 Å². The average molecular weight is 372 g/mol. The van der Waals surface area contributed by atoms with Crippen LogP contribution in [0.25, 0.3) is 0 Å². The second-order valence-corrected chi connectivity index (χ2v) is 8.32. The third-order valence-corrected chi connectivity index (χ3v) is 6.26. The van der Waals surface area contributed by atoms with Gasteiger partial charge in [-0.3, -0.25) is 9.69 Å². The Morgan fingerprint density at radius 2 is 1.81 bits per heavy atom. The van der Waals surface area contributed by atoms with Crippen LogP contribution in [-0.4, -0.2) is 32.8 Å². The number of nitrogens with zero attached hydrogens (tertiary/aromatic N) is 1. The summed E-state index contributed by atoms with van der Waals surface area (Å²) in [5, 5.41) is 0. The van der Waals surface area contributed by atoms with E-state index in [9.17, 15) is 13.2 Å². The van der Waals surface area contributed by atoms with Gasteiger partial charge in [0.2, 0.25) is 0 Å². The molecule has 0 saturated carbocycles. The number of nitrogens with one attached hydrogen (secondary N) is 1. The van der Waals surface area contributed by atoms with E-state index in [1.165, 1.54) is 5.56 Å². The van der Waals surface area contributed by atoms with Gasteiger partial charge in [-0.1, -0.05) is 43.3 Å². The van der Waals surface area contributed by atoms with Gasteiger partial charge in [0.25, 0.3) is 15.9 Å². The Kier molecular flexibility index (Phi) is 5.44. The zero-order valence-electron chi connectivity index (χ0n) is 15.1. The molecule has 1 atom stereocenters. The molecule has 0 heterocycles. The van der Waals surface area contributed by atoms with E-state index in [1.807, 2.05) is 48.2 Å². The van der Waals surface area contributed by atoms with Crippen LogP contribution in [0.4, 0.5) is 0 Å². The third-order valence-electron chi connectivity index (χ3n) is 4.92. The Morgan fingerprint density at radius 1 is 1.12 bits per heavy atom. The van der Waals surface area contributed by atoms with Crippen molar-refractivity contribution >= 4 is 15.9 Å². The molecule has 0 fully saturated rings. The number of benzene rings is 2. The fourth-order valence-corrected chi connectivity index (χ4v) is 4.43. The molecule has 0 bridgehead atoms. The van der Waals surface area contributed by atoms with Crippen molar-refractivity contribution in [2.24, 2.45) is 0 Å². The summed E-state index contributed by atoms with van der Waals surface area (Å²) in [5.74, 6) is -0.541. The lowest BCUT2D eigenvalue weighted by atomic mass is 10.1. The summed E-state index contributed by atoms with van der Waals surface area (Å²) in [5.41, 5.74) is 3.02. The predicted molar refractivity (Wildman–Crippen MR) is 101 cm³/mol. The van der Waals surface area contributed by atoms with Gasteiger partial charge in [0.15, 0.2) is 0 Å². The van der Waals surface area contributed by atoms with Crippen molar-refractivity contribution in [1.29, 1.82) is 0 Å². The fourth-order valence-electron chi connectivity index (χ4n) is 3.39. The highest BCUT2D eigenvalue weighted by atomic mass is 32.2. The minimum absolute atomic E-state index is 0.150. The number of rotatable bonds is 6. The summed E-state index contributed by atoms with van der Waals surface area (Å²) >= 11 is 0. The highest BCUT2D eigenvalue weighted by Crippen LogP contribution is 2.25. The van der Waals surface area contributed by atoms with Gasteiger partial charge in [-0.25, -0.2) is 13.1 Å². The maximum Gasteiger partial charge on any atom is 0.264 e. The van der Waals surface area contributed by atoms with Crippen LogP contribution in [0.5, 0.6) is 0 Å². The normalized spacial score (nSPS) is 14.9. The van der Waals surface area contributed by atoms with E-state index in [0.29, 0.717) is 6.54 Å². The Bertz CT molecular complexity index is 895. The van der Waals surface area contributed by atoms with Crippen LogP contribution >= 0.6 is 0 Å². The number of hydrogen-bond acceptors (Lipinski definition) is 4. The molecule has 6 heteroatoms. The molecule has 138 valence electrons. The van der Waals surface area contributed by atoms with E-state index in [0.717, 1.165) is 30.4 Å². The smallest absolute Gasteiger partial charge is 0.264 e. The lowest BCUT2D eigenvalue weighted by Crippen LogP contribution is -2.41. The van der Waals surface area contributed by atoms with Crippen molar-refractivity contribution in [1.82, 2.24) is 9.62 Å². The molecule has 2 aromatic rings. The number of fused-ring (bicyclic) bond motifs is 1. The van der Waals surface area contributed by atoms with Crippen LogP contribution in [0.15, 0.2) is 53.4 Å². The number of carbonyl (C=O) groups excluding carboxylic acids is 1. The van der Waals surface area contributed by atoms with E-state index >= 15 is 0 Å². The van der Waals surface area contributed by atoms with E-state index < -0.39 is 22.0 Å². The monoisotopic (exact) mass is 372 g/mol. The van der Waals surface area contributed by atoms with Gasteiger partial charge in [0, 0.05) is 0 Å². The SMILES string of the molecule is CCN(C)[C@H](C(=O)NS(=O)(=O)c1ccc2c(c1)CCC2)c1ccccc1. The summed E-state index contributed by atoms with van der Waals surface area (Å²) in [6.07, 6.45) is 2.92. The number of aryl methyl sites for hydroxylation is 2. The van der Waals surface area contributed by atoms with Crippen LogP contribution < -0.4 is 4.72 Å². The molecule has 5 nitrogen and oxygen atoms in total. The molecule has 2 aromatic carbocycles. The largest absolute Gasteiger partial charge is 0.292 e. The predicted octanol–water partition coefficient (Wildman–Crippen LogP) is 2.67. The number of amides is 1.